The third-order valence-corrected chi connectivity index (χ3v) is 11.9. The summed E-state index contributed by atoms with van der Waals surface area (Å²) in [5.74, 6) is -0.697. The minimum Gasteiger partial charge on any atom is -0.460 e. The third-order valence-electron chi connectivity index (χ3n) is 11.9. The first-order valence-corrected chi connectivity index (χ1v) is 16.3. The maximum atomic E-state index is 13.6. The van der Waals surface area contributed by atoms with Crippen molar-refractivity contribution in [3.05, 3.63) is 79.0 Å². The minimum atomic E-state index is -0.719. The topological polar surface area (TPSA) is 123 Å². The van der Waals surface area contributed by atoms with E-state index in [0.29, 0.717) is 29.8 Å². The number of Topliss-reactive ketones (excluding diaryl/α,β-unsaturated/α-hetero) is 1. The standard InChI is InChI=1S/C37H44N4O5/c1-6-35(4)20-30(36(5)23(2)15-17-37(24(3)33(35)44)18-16-29(42)32(36)37)46-31(43)22-41-21-28(39-40-41)26-13-10-14-27(19-26)38-34(45)25-11-8-7-9-12-25/h6-14,19,21,23-24,30,32-33,44H,1,15-18,20,22H2,2-5H3,(H,38,45)/t23?,24-,30+,32-,33-,35+,36-,37-/m0/s1. The van der Waals surface area contributed by atoms with Crippen LogP contribution in [0.3, 0.4) is 0 Å². The molecule has 3 aromatic rings. The molecule has 2 bridgehead atoms. The Balaban J connectivity index is 1.22. The van der Waals surface area contributed by atoms with Crippen molar-refractivity contribution < 1.29 is 24.2 Å². The first-order valence-electron chi connectivity index (χ1n) is 16.3. The first kappa shape index (κ1) is 31.9. The molecule has 1 unspecified atom stereocenters. The molecular weight excluding hydrogens is 580 g/mol. The van der Waals surface area contributed by atoms with Gasteiger partial charge < -0.3 is 15.2 Å². The number of ketones is 1. The van der Waals surface area contributed by atoms with Crippen molar-refractivity contribution in [2.75, 3.05) is 5.32 Å². The summed E-state index contributed by atoms with van der Waals surface area (Å²) >= 11 is 0. The molecule has 2 aromatic carbocycles. The molecule has 1 amide bonds. The molecule has 0 spiro atoms. The van der Waals surface area contributed by atoms with Gasteiger partial charge in [0.05, 0.1) is 12.3 Å². The number of anilines is 1. The van der Waals surface area contributed by atoms with Gasteiger partial charge in [0, 0.05) is 40.0 Å². The van der Waals surface area contributed by atoms with E-state index < -0.39 is 29.0 Å². The summed E-state index contributed by atoms with van der Waals surface area (Å²) in [6.07, 6.45) is 5.57. The third kappa shape index (κ3) is 5.28. The van der Waals surface area contributed by atoms with Crippen LogP contribution in [0, 0.1) is 34.0 Å². The van der Waals surface area contributed by atoms with Gasteiger partial charge in [0.15, 0.2) is 0 Å². The molecule has 8 atom stereocenters. The number of esters is 1. The highest BCUT2D eigenvalue weighted by Gasteiger charge is 2.68. The summed E-state index contributed by atoms with van der Waals surface area (Å²) in [5, 5.41) is 23.1. The lowest BCUT2D eigenvalue weighted by Crippen LogP contribution is -2.63. The number of hydrogen-bond acceptors (Lipinski definition) is 7. The second-order valence-electron chi connectivity index (χ2n) is 14.3. The van der Waals surface area contributed by atoms with Gasteiger partial charge in [-0.2, -0.15) is 0 Å². The fraction of sp³-hybridized carbons (Fsp3) is 0.486. The van der Waals surface area contributed by atoms with Gasteiger partial charge in [-0.1, -0.05) is 69.3 Å². The number of carbonyl (C=O) groups is 3. The van der Waals surface area contributed by atoms with Gasteiger partial charge in [-0.15, -0.1) is 11.7 Å². The number of ether oxygens (including phenoxy) is 1. The number of nitrogens with zero attached hydrogens (tertiary/aromatic N) is 3. The molecular formula is C37H44N4O5. The zero-order valence-corrected chi connectivity index (χ0v) is 27.1. The Hall–Kier alpha value is -4.11. The van der Waals surface area contributed by atoms with Crippen molar-refractivity contribution in [1.82, 2.24) is 15.0 Å². The average molecular weight is 625 g/mol. The van der Waals surface area contributed by atoms with Crippen LogP contribution in [0.5, 0.6) is 0 Å². The van der Waals surface area contributed by atoms with Gasteiger partial charge in [-0.05, 0) is 67.2 Å². The SMILES string of the molecule is C=C[C@]1(C)C[C@@H](OC(=O)Cn2cc(-c3cccc(NC(=O)c4ccccc4)c3)nn2)[C@]2(C)C(C)CC[C@]3(CCC(=O)[C@H]32)[C@@H](C)[C@@H]1O. The van der Waals surface area contributed by atoms with Gasteiger partial charge in [-0.25, -0.2) is 4.68 Å². The summed E-state index contributed by atoms with van der Waals surface area (Å²) in [5.41, 5.74) is 0.821. The summed E-state index contributed by atoms with van der Waals surface area (Å²) in [6, 6.07) is 16.3. The van der Waals surface area contributed by atoms with Crippen LogP contribution in [-0.2, 0) is 20.9 Å². The number of aromatic nitrogens is 3. The van der Waals surface area contributed by atoms with Crippen LogP contribution in [0.25, 0.3) is 11.3 Å². The monoisotopic (exact) mass is 624 g/mol. The van der Waals surface area contributed by atoms with E-state index in [-0.39, 0.29) is 41.4 Å². The molecule has 9 nitrogen and oxygen atoms in total. The molecule has 3 saturated carbocycles. The molecule has 9 heteroatoms. The summed E-state index contributed by atoms with van der Waals surface area (Å²) in [6.45, 7) is 12.3. The predicted molar refractivity (Wildman–Crippen MR) is 174 cm³/mol. The van der Waals surface area contributed by atoms with E-state index in [1.54, 1.807) is 36.5 Å². The number of benzene rings is 2. The Bertz CT molecular complexity index is 1650. The van der Waals surface area contributed by atoms with E-state index in [9.17, 15) is 19.5 Å². The molecule has 46 heavy (non-hydrogen) atoms. The van der Waals surface area contributed by atoms with Crippen molar-refractivity contribution in [2.45, 2.75) is 78.6 Å². The molecule has 2 N–H and O–H groups in total. The minimum absolute atomic E-state index is 0.0887. The average Bonchev–Trinajstić information content (AvgIpc) is 3.67. The van der Waals surface area contributed by atoms with Gasteiger partial charge in [-0.3, -0.25) is 14.4 Å². The highest BCUT2D eigenvalue weighted by atomic mass is 16.5. The van der Waals surface area contributed by atoms with Crippen LogP contribution in [-0.4, -0.2) is 50.0 Å². The van der Waals surface area contributed by atoms with Crippen molar-refractivity contribution in [2.24, 2.45) is 34.0 Å². The zero-order valence-electron chi connectivity index (χ0n) is 27.1. The smallest absolute Gasteiger partial charge is 0.328 e. The predicted octanol–water partition coefficient (Wildman–Crippen LogP) is 6.10. The molecule has 1 aromatic heterocycles. The van der Waals surface area contributed by atoms with Crippen LogP contribution in [0.15, 0.2) is 73.4 Å². The number of nitrogens with one attached hydrogen (secondary N) is 1. The van der Waals surface area contributed by atoms with Gasteiger partial charge in [0.2, 0.25) is 0 Å². The lowest BCUT2D eigenvalue weighted by molar-refractivity contribution is -0.207. The summed E-state index contributed by atoms with van der Waals surface area (Å²) < 4.78 is 7.80. The molecule has 242 valence electrons. The van der Waals surface area contributed by atoms with Crippen LogP contribution < -0.4 is 5.32 Å². The number of hydrogen-bond donors (Lipinski definition) is 2. The highest BCUT2D eigenvalue weighted by molar-refractivity contribution is 6.04. The number of amides is 1. The number of aliphatic hydroxyl groups excluding tert-OH is 1. The molecule has 3 fully saturated rings. The van der Waals surface area contributed by atoms with Gasteiger partial charge in [0.1, 0.15) is 24.1 Å². The Morgan fingerprint density at radius 1 is 1.13 bits per heavy atom. The maximum absolute atomic E-state index is 13.6. The van der Waals surface area contributed by atoms with Crippen LogP contribution in [0.4, 0.5) is 5.69 Å². The molecule has 3 aliphatic rings. The highest BCUT2D eigenvalue weighted by Crippen LogP contribution is 2.68. The van der Waals surface area contributed by atoms with Crippen molar-refractivity contribution in [1.29, 1.82) is 0 Å². The van der Waals surface area contributed by atoms with Crippen LogP contribution in [0.2, 0.25) is 0 Å². The fourth-order valence-electron chi connectivity index (χ4n) is 8.89. The quantitative estimate of drug-likeness (QED) is 0.240. The number of carbonyl (C=O) groups excluding carboxylic acids is 3. The first-order chi connectivity index (χ1) is 21.9. The lowest BCUT2D eigenvalue weighted by atomic mass is 9.44. The Kier molecular flexibility index (Phi) is 8.25. The van der Waals surface area contributed by atoms with Crippen molar-refractivity contribution in [3.8, 4) is 11.3 Å². The molecule has 0 aliphatic heterocycles. The Labute approximate surface area is 270 Å². The molecule has 3 aliphatic carbocycles. The largest absolute Gasteiger partial charge is 0.460 e. The van der Waals surface area contributed by atoms with E-state index >= 15 is 0 Å². The fourth-order valence-corrected chi connectivity index (χ4v) is 8.89. The van der Waals surface area contributed by atoms with E-state index in [2.05, 4.69) is 43.0 Å². The van der Waals surface area contributed by atoms with Gasteiger partial charge >= 0.3 is 5.97 Å². The Morgan fingerprint density at radius 2 is 1.89 bits per heavy atom. The van der Waals surface area contributed by atoms with E-state index in [0.717, 1.165) is 24.8 Å². The summed E-state index contributed by atoms with van der Waals surface area (Å²) in [7, 11) is 0. The zero-order chi connectivity index (χ0) is 32.9. The molecule has 0 saturated heterocycles. The normalized spacial score (nSPS) is 33.8. The van der Waals surface area contributed by atoms with Crippen LogP contribution >= 0.6 is 0 Å². The van der Waals surface area contributed by atoms with Crippen molar-refractivity contribution in [3.63, 3.8) is 0 Å². The Morgan fingerprint density at radius 3 is 2.63 bits per heavy atom. The van der Waals surface area contributed by atoms with E-state index in [4.69, 9.17) is 4.74 Å². The lowest BCUT2D eigenvalue weighted by Gasteiger charge is -2.61. The maximum Gasteiger partial charge on any atom is 0.328 e. The molecule has 0 radical (unpaired) electrons. The van der Waals surface area contributed by atoms with Crippen molar-refractivity contribution >= 4 is 23.3 Å². The van der Waals surface area contributed by atoms with E-state index in [1.165, 1.54) is 4.68 Å². The molecule has 1 heterocycles. The second kappa shape index (κ2) is 11.9. The van der Waals surface area contributed by atoms with Crippen LogP contribution in [0.1, 0.15) is 70.2 Å². The van der Waals surface area contributed by atoms with E-state index in [1.807, 2.05) is 37.3 Å². The molecule has 6 rings (SSSR count). The van der Waals surface area contributed by atoms with Gasteiger partial charge in [0.25, 0.3) is 5.91 Å². The number of rotatable bonds is 7. The number of aliphatic hydroxyl groups is 1. The second-order valence-corrected chi connectivity index (χ2v) is 14.3. The summed E-state index contributed by atoms with van der Waals surface area (Å²) in [4.78, 5) is 39.9.